The predicted octanol–water partition coefficient (Wildman–Crippen LogP) is -0.153. The summed E-state index contributed by atoms with van der Waals surface area (Å²) >= 11 is 0. The second-order valence-electron chi connectivity index (χ2n) is 5.44. The number of hydrogen-bond donors (Lipinski definition) is 2. The van der Waals surface area contributed by atoms with Crippen molar-refractivity contribution < 1.29 is 13.2 Å². The quantitative estimate of drug-likeness (QED) is 0.786. The monoisotopic (exact) mass is 314 g/mol. The summed E-state index contributed by atoms with van der Waals surface area (Å²) in [4.78, 5) is 12.2. The maximum absolute atomic E-state index is 12.2. The molecule has 0 bridgehead atoms. The smallest absolute Gasteiger partial charge is 0.254 e. The number of nitrogens with one attached hydrogen (secondary N) is 1. The zero-order valence-corrected chi connectivity index (χ0v) is 13.0. The lowest BCUT2D eigenvalue weighted by Gasteiger charge is -2.22. The van der Waals surface area contributed by atoms with Gasteiger partial charge in [0.25, 0.3) is 5.91 Å². The first kappa shape index (κ1) is 16.0. The van der Waals surface area contributed by atoms with E-state index in [9.17, 15) is 13.2 Å². The Labute approximate surface area is 124 Å². The number of nitrogens with two attached hydrogens (primary N) is 1. The molecule has 118 valence electrons. The third-order valence-electron chi connectivity index (χ3n) is 3.72. The summed E-state index contributed by atoms with van der Waals surface area (Å²) in [6.45, 7) is 3.07. The van der Waals surface area contributed by atoms with Gasteiger partial charge in [-0.15, -0.1) is 0 Å². The second-order valence-corrected chi connectivity index (χ2v) is 7.66. The molecule has 1 unspecified atom stereocenters. The van der Waals surface area contributed by atoms with E-state index in [1.165, 1.54) is 6.20 Å². The van der Waals surface area contributed by atoms with E-state index in [2.05, 4.69) is 10.4 Å². The average Bonchev–Trinajstić information content (AvgIpc) is 2.76. The highest BCUT2D eigenvalue weighted by molar-refractivity contribution is 7.91. The zero-order valence-electron chi connectivity index (χ0n) is 12.2. The summed E-state index contributed by atoms with van der Waals surface area (Å²) in [5.41, 5.74) is 6.74. The van der Waals surface area contributed by atoms with Crippen LogP contribution >= 0.6 is 0 Å². The van der Waals surface area contributed by atoms with E-state index >= 15 is 0 Å². The fraction of sp³-hybridized carbons (Fsp3) is 0.692. The molecule has 1 saturated heterocycles. The maximum Gasteiger partial charge on any atom is 0.254 e. The normalized spacial score (nSPS) is 21.1. The van der Waals surface area contributed by atoms with Crippen LogP contribution in [0.3, 0.4) is 0 Å². The van der Waals surface area contributed by atoms with Gasteiger partial charge in [0.1, 0.15) is 0 Å². The molecule has 1 aliphatic rings. The minimum Gasteiger partial charge on any atom is -0.348 e. The van der Waals surface area contributed by atoms with Crippen LogP contribution in [0.2, 0.25) is 0 Å². The van der Waals surface area contributed by atoms with Crippen molar-refractivity contribution in [3.63, 3.8) is 0 Å². The Morgan fingerprint density at radius 2 is 2.33 bits per heavy atom. The zero-order chi connectivity index (χ0) is 15.5. The number of sulfone groups is 1. The number of amides is 1. The molecule has 21 heavy (non-hydrogen) atoms. The fourth-order valence-corrected chi connectivity index (χ4v) is 4.17. The molecular weight excluding hydrogens is 292 g/mol. The van der Waals surface area contributed by atoms with Gasteiger partial charge >= 0.3 is 0 Å². The molecule has 1 amide bonds. The molecule has 1 aromatic heterocycles. The number of hydrogen-bond acceptors (Lipinski definition) is 5. The first-order valence-corrected chi connectivity index (χ1v) is 8.99. The van der Waals surface area contributed by atoms with Crippen molar-refractivity contribution >= 4 is 15.7 Å². The van der Waals surface area contributed by atoms with E-state index in [0.29, 0.717) is 31.5 Å². The number of rotatable bonds is 5. The molecule has 1 aliphatic heterocycles. The molecule has 0 aromatic carbocycles. The SMILES string of the molecule is Cc1c(C(=O)NC2CCCS(=O)(=O)C2)cnn1CCCN. The number of aryl methyl sites for hydroxylation is 1. The second kappa shape index (κ2) is 6.57. The number of nitrogens with zero attached hydrogens (tertiary/aromatic N) is 2. The molecule has 1 fully saturated rings. The fourth-order valence-electron chi connectivity index (χ4n) is 2.54. The van der Waals surface area contributed by atoms with E-state index in [0.717, 1.165) is 12.1 Å². The Hall–Kier alpha value is -1.41. The van der Waals surface area contributed by atoms with Gasteiger partial charge in [0.05, 0.1) is 23.3 Å². The summed E-state index contributed by atoms with van der Waals surface area (Å²) < 4.78 is 24.9. The van der Waals surface area contributed by atoms with E-state index in [-0.39, 0.29) is 23.5 Å². The predicted molar refractivity (Wildman–Crippen MR) is 79.8 cm³/mol. The van der Waals surface area contributed by atoms with Crippen LogP contribution in [0.1, 0.15) is 35.3 Å². The number of aromatic nitrogens is 2. The minimum atomic E-state index is -3.03. The van der Waals surface area contributed by atoms with Gasteiger partial charge in [-0.1, -0.05) is 0 Å². The topological polar surface area (TPSA) is 107 Å². The van der Waals surface area contributed by atoms with Crippen molar-refractivity contribution in [2.24, 2.45) is 5.73 Å². The molecule has 0 saturated carbocycles. The lowest BCUT2D eigenvalue weighted by atomic mass is 10.1. The van der Waals surface area contributed by atoms with Crippen molar-refractivity contribution in [2.75, 3.05) is 18.1 Å². The van der Waals surface area contributed by atoms with Crippen molar-refractivity contribution in [3.8, 4) is 0 Å². The van der Waals surface area contributed by atoms with Crippen LogP contribution in [0.15, 0.2) is 6.20 Å². The highest BCUT2D eigenvalue weighted by atomic mass is 32.2. The van der Waals surface area contributed by atoms with E-state index in [4.69, 9.17) is 5.73 Å². The summed E-state index contributed by atoms with van der Waals surface area (Å²) in [6, 6.07) is -0.303. The first-order valence-electron chi connectivity index (χ1n) is 7.16. The van der Waals surface area contributed by atoms with Gasteiger partial charge < -0.3 is 11.1 Å². The lowest BCUT2D eigenvalue weighted by Crippen LogP contribution is -2.43. The summed E-state index contributed by atoms with van der Waals surface area (Å²) in [5.74, 6) is -0.0114. The van der Waals surface area contributed by atoms with Gasteiger partial charge in [0.15, 0.2) is 9.84 Å². The molecule has 1 aromatic rings. The van der Waals surface area contributed by atoms with E-state index in [1.807, 2.05) is 6.92 Å². The standard InChI is InChI=1S/C13H22N4O3S/c1-10-12(8-15-17(10)6-3-5-14)13(18)16-11-4-2-7-21(19,20)9-11/h8,11H,2-7,9,14H2,1H3,(H,16,18). The van der Waals surface area contributed by atoms with Crippen molar-refractivity contribution in [1.82, 2.24) is 15.1 Å². The van der Waals surface area contributed by atoms with Crippen molar-refractivity contribution in [1.29, 1.82) is 0 Å². The van der Waals surface area contributed by atoms with Crippen LogP contribution < -0.4 is 11.1 Å². The van der Waals surface area contributed by atoms with E-state index < -0.39 is 9.84 Å². The Morgan fingerprint density at radius 3 is 3.00 bits per heavy atom. The number of carbonyl (C=O) groups excluding carboxylic acids is 1. The maximum atomic E-state index is 12.2. The van der Waals surface area contributed by atoms with Gasteiger partial charge in [0.2, 0.25) is 0 Å². The molecule has 2 rings (SSSR count). The third kappa shape index (κ3) is 4.04. The van der Waals surface area contributed by atoms with Crippen molar-refractivity contribution in [3.05, 3.63) is 17.5 Å². The Bertz CT molecular complexity index is 609. The summed E-state index contributed by atoms with van der Waals surface area (Å²) in [7, 11) is -3.03. The minimum absolute atomic E-state index is 0.0269. The van der Waals surface area contributed by atoms with Gasteiger partial charge in [0, 0.05) is 18.3 Å². The average molecular weight is 314 g/mol. The largest absolute Gasteiger partial charge is 0.348 e. The Kier molecular flexibility index (Phi) is 5.00. The molecule has 0 radical (unpaired) electrons. The highest BCUT2D eigenvalue weighted by Crippen LogP contribution is 2.14. The van der Waals surface area contributed by atoms with Crippen LogP contribution in [0.5, 0.6) is 0 Å². The third-order valence-corrected chi connectivity index (χ3v) is 5.54. The van der Waals surface area contributed by atoms with Crippen LogP contribution in [0.25, 0.3) is 0 Å². The molecule has 1 atom stereocenters. The summed E-state index contributed by atoms with van der Waals surface area (Å²) in [6.07, 6.45) is 3.62. The van der Waals surface area contributed by atoms with Gasteiger partial charge in [-0.05, 0) is 32.7 Å². The van der Waals surface area contributed by atoms with Crippen molar-refractivity contribution in [2.45, 2.75) is 38.8 Å². The van der Waals surface area contributed by atoms with Crippen LogP contribution in [0.4, 0.5) is 0 Å². The van der Waals surface area contributed by atoms with E-state index in [1.54, 1.807) is 4.68 Å². The summed E-state index contributed by atoms with van der Waals surface area (Å²) in [5, 5.41) is 6.98. The molecule has 0 spiro atoms. The number of carbonyl (C=O) groups is 1. The van der Waals surface area contributed by atoms with Gasteiger partial charge in [-0.3, -0.25) is 9.48 Å². The van der Waals surface area contributed by atoms with Gasteiger partial charge in [-0.25, -0.2) is 8.42 Å². The lowest BCUT2D eigenvalue weighted by molar-refractivity contribution is 0.0937. The van der Waals surface area contributed by atoms with Gasteiger partial charge in [-0.2, -0.15) is 5.10 Å². The van der Waals surface area contributed by atoms with Crippen LogP contribution in [0, 0.1) is 6.92 Å². The van der Waals surface area contributed by atoms with Crippen LogP contribution in [-0.4, -0.2) is 48.2 Å². The highest BCUT2D eigenvalue weighted by Gasteiger charge is 2.27. The molecule has 3 N–H and O–H groups in total. The van der Waals surface area contributed by atoms with Crippen LogP contribution in [-0.2, 0) is 16.4 Å². The molecular formula is C13H22N4O3S. The molecule has 0 aliphatic carbocycles. The molecule has 7 nitrogen and oxygen atoms in total. The Balaban J connectivity index is 2.02. The molecule has 8 heteroatoms. The Morgan fingerprint density at radius 1 is 1.57 bits per heavy atom. The molecule has 2 heterocycles. The first-order chi connectivity index (χ1) is 9.93.